The van der Waals surface area contributed by atoms with E-state index in [1.165, 1.54) is 0 Å². The molecule has 0 aliphatic carbocycles. The molecule has 3 rings (SSSR count). The number of benzene rings is 2. The Kier molecular flexibility index (Phi) is 7.25. The van der Waals surface area contributed by atoms with Gasteiger partial charge in [0.1, 0.15) is 5.75 Å². The molecular formula is C22H28N2O3. The molecule has 2 aromatic rings. The largest absolute Gasteiger partial charge is 0.497 e. The van der Waals surface area contributed by atoms with E-state index in [2.05, 4.69) is 22.3 Å². The van der Waals surface area contributed by atoms with Crippen molar-refractivity contribution < 1.29 is 14.3 Å². The van der Waals surface area contributed by atoms with Crippen LogP contribution in [-0.2, 0) is 16.0 Å². The lowest BCUT2D eigenvalue weighted by atomic mass is 10.0. The van der Waals surface area contributed by atoms with Crippen molar-refractivity contribution in [3.8, 4) is 5.75 Å². The average Bonchev–Trinajstić information content (AvgIpc) is 2.73. The minimum absolute atomic E-state index is 0.0119. The van der Waals surface area contributed by atoms with Gasteiger partial charge < -0.3 is 14.8 Å². The lowest BCUT2D eigenvalue weighted by Crippen LogP contribution is -2.43. The van der Waals surface area contributed by atoms with Crippen LogP contribution in [-0.4, -0.2) is 50.8 Å². The van der Waals surface area contributed by atoms with Crippen molar-refractivity contribution in [3.63, 3.8) is 0 Å². The standard InChI is InChI=1S/C22H28N2O3/c1-26-20-9-5-6-18(16-20)10-11-22(25)23-21(19-7-3-2-4-8-19)17-24-12-14-27-15-13-24/h2-9,16,21H,10-15,17H2,1H3,(H,23,25). The van der Waals surface area contributed by atoms with Crippen LogP contribution in [0.1, 0.15) is 23.6 Å². The van der Waals surface area contributed by atoms with Gasteiger partial charge in [-0.2, -0.15) is 0 Å². The number of carbonyl (C=O) groups is 1. The summed E-state index contributed by atoms with van der Waals surface area (Å²) in [5.41, 5.74) is 2.24. The van der Waals surface area contributed by atoms with Gasteiger partial charge in [0.05, 0.1) is 26.4 Å². The summed E-state index contributed by atoms with van der Waals surface area (Å²) in [6.07, 6.45) is 1.15. The number of carbonyl (C=O) groups excluding carboxylic acids is 1. The Labute approximate surface area is 161 Å². The van der Waals surface area contributed by atoms with Crippen LogP contribution in [0.2, 0.25) is 0 Å². The smallest absolute Gasteiger partial charge is 0.220 e. The molecule has 0 aromatic heterocycles. The van der Waals surface area contributed by atoms with Crippen molar-refractivity contribution >= 4 is 5.91 Å². The minimum Gasteiger partial charge on any atom is -0.497 e. The number of morpholine rings is 1. The Balaban J connectivity index is 1.59. The van der Waals surface area contributed by atoms with Crippen LogP contribution in [0.25, 0.3) is 0 Å². The van der Waals surface area contributed by atoms with E-state index in [-0.39, 0.29) is 11.9 Å². The number of rotatable bonds is 8. The molecule has 1 aliphatic heterocycles. The molecule has 5 nitrogen and oxygen atoms in total. The van der Waals surface area contributed by atoms with E-state index in [9.17, 15) is 4.79 Å². The molecule has 1 aliphatic rings. The monoisotopic (exact) mass is 368 g/mol. The van der Waals surface area contributed by atoms with Crippen LogP contribution < -0.4 is 10.1 Å². The second-order valence-corrected chi connectivity index (χ2v) is 6.80. The molecule has 0 radical (unpaired) electrons. The minimum atomic E-state index is -0.0119. The summed E-state index contributed by atoms with van der Waals surface area (Å²) in [5, 5.41) is 3.23. The quantitative estimate of drug-likeness (QED) is 0.778. The molecule has 2 aromatic carbocycles. The van der Waals surface area contributed by atoms with Gasteiger partial charge in [0.15, 0.2) is 0 Å². The summed E-state index contributed by atoms with van der Waals surface area (Å²) in [6, 6.07) is 18.1. The number of methoxy groups -OCH3 is 1. The van der Waals surface area contributed by atoms with E-state index in [1.807, 2.05) is 42.5 Å². The highest BCUT2D eigenvalue weighted by atomic mass is 16.5. The second-order valence-electron chi connectivity index (χ2n) is 6.80. The van der Waals surface area contributed by atoms with Crippen LogP contribution in [0.3, 0.4) is 0 Å². The summed E-state index contributed by atoms with van der Waals surface area (Å²) in [5.74, 6) is 0.891. The predicted molar refractivity (Wildman–Crippen MR) is 106 cm³/mol. The number of ether oxygens (including phenoxy) is 2. The van der Waals surface area contributed by atoms with Gasteiger partial charge in [-0.25, -0.2) is 0 Å². The predicted octanol–water partition coefficient (Wildman–Crippen LogP) is 2.82. The topological polar surface area (TPSA) is 50.8 Å². The summed E-state index contributed by atoms with van der Waals surface area (Å²) in [7, 11) is 1.65. The zero-order chi connectivity index (χ0) is 18.9. The van der Waals surface area contributed by atoms with Gasteiger partial charge in [-0.3, -0.25) is 9.69 Å². The SMILES string of the molecule is COc1cccc(CCC(=O)NC(CN2CCOCC2)c2ccccc2)c1. The Morgan fingerprint density at radius 3 is 2.67 bits per heavy atom. The molecule has 27 heavy (non-hydrogen) atoms. The molecule has 1 heterocycles. The summed E-state index contributed by atoms with van der Waals surface area (Å²) >= 11 is 0. The van der Waals surface area contributed by atoms with Crippen LogP contribution >= 0.6 is 0 Å². The van der Waals surface area contributed by atoms with Crippen molar-refractivity contribution in [1.82, 2.24) is 10.2 Å². The molecule has 1 atom stereocenters. The van der Waals surface area contributed by atoms with Crippen molar-refractivity contribution in [2.75, 3.05) is 40.0 Å². The van der Waals surface area contributed by atoms with Gasteiger partial charge in [-0.05, 0) is 29.7 Å². The average molecular weight is 368 g/mol. The second kappa shape index (κ2) is 10.1. The molecule has 1 unspecified atom stereocenters. The first-order valence-electron chi connectivity index (χ1n) is 9.52. The van der Waals surface area contributed by atoms with Crippen LogP contribution in [0.5, 0.6) is 5.75 Å². The van der Waals surface area contributed by atoms with E-state index in [1.54, 1.807) is 7.11 Å². The van der Waals surface area contributed by atoms with Crippen molar-refractivity contribution in [3.05, 3.63) is 65.7 Å². The van der Waals surface area contributed by atoms with Gasteiger partial charge in [-0.1, -0.05) is 42.5 Å². The number of nitrogens with zero attached hydrogens (tertiary/aromatic N) is 1. The Hall–Kier alpha value is -2.37. The maximum Gasteiger partial charge on any atom is 0.220 e. The van der Waals surface area contributed by atoms with E-state index in [0.717, 1.165) is 49.7 Å². The van der Waals surface area contributed by atoms with Crippen molar-refractivity contribution in [2.24, 2.45) is 0 Å². The molecule has 0 spiro atoms. The first-order chi connectivity index (χ1) is 13.2. The molecule has 0 bridgehead atoms. The highest BCUT2D eigenvalue weighted by molar-refractivity contribution is 5.76. The highest BCUT2D eigenvalue weighted by Gasteiger charge is 2.20. The number of aryl methyl sites for hydroxylation is 1. The van der Waals surface area contributed by atoms with Crippen LogP contribution in [0.4, 0.5) is 0 Å². The Morgan fingerprint density at radius 2 is 1.93 bits per heavy atom. The van der Waals surface area contributed by atoms with Crippen LogP contribution in [0.15, 0.2) is 54.6 Å². The molecule has 1 fully saturated rings. The molecule has 1 saturated heterocycles. The molecule has 5 heteroatoms. The third-order valence-electron chi connectivity index (χ3n) is 4.86. The molecule has 1 N–H and O–H groups in total. The maximum absolute atomic E-state index is 12.6. The van der Waals surface area contributed by atoms with Gasteiger partial charge in [0.2, 0.25) is 5.91 Å². The van der Waals surface area contributed by atoms with E-state index in [4.69, 9.17) is 9.47 Å². The third-order valence-corrected chi connectivity index (χ3v) is 4.86. The first-order valence-corrected chi connectivity index (χ1v) is 9.52. The van der Waals surface area contributed by atoms with Crippen molar-refractivity contribution in [2.45, 2.75) is 18.9 Å². The molecular weight excluding hydrogens is 340 g/mol. The fourth-order valence-corrected chi connectivity index (χ4v) is 3.31. The fourth-order valence-electron chi connectivity index (χ4n) is 3.31. The van der Waals surface area contributed by atoms with Gasteiger partial charge in [0, 0.05) is 26.1 Å². The van der Waals surface area contributed by atoms with E-state index >= 15 is 0 Å². The zero-order valence-corrected chi connectivity index (χ0v) is 15.9. The lowest BCUT2D eigenvalue weighted by Gasteiger charge is -2.31. The number of nitrogens with one attached hydrogen (secondary N) is 1. The lowest BCUT2D eigenvalue weighted by molar-refractivity contribution is -0.122. The Bertz CT molecular complexity index is 715. The third kappa shape index (κ3) is 6.08. The summed E-state index contributed by atoms with van der Waals surface area (Å²) in [4.78, 5) is 15.0. The maximum atomic E-state index is 12.6. The molecule has 144 valence electrons. The highest BCUT2D eigenvalue weighted by Crippen LogP contribution is 2.17. The van der Waals surface area contributed by atoms with Gasteiger partial charge >= 0.3 is 0 Å². The van der Waals surface area contributed by atoms with E-state index in [0.29, 0.717) is 12.8 Å². The number of hydrogen-bond donors (Lipinski definition) is 1. The summed E-state index contributed by atoms with van der Waals surface area (Å²) < 4.78 is 10.7. The van der Waals surface area contributed by atoms with Crippen molar-refractivity contribution in [1.29, 1.82) is 0 Å². The fraction of sp³-hybridized carbons (Fsp3) is 0.409. The van der Waals surface area contributed by atoms with Gasteiger partial charge in [-0.15, -0.1) is 0 Å². The van der Waals surface area contributed by atoms with Crippen LogP contribution in [0, 0.1) is 0 Å². The van der Waals surface area contributed by atoms with E-state index < -0.39 is 0 Å². The van der Waals surface area contributed by atoms with Gasteiger partial charge in [0.25, 0.3) is 0 Å². The first kappa shape index (κ1) is 19.4. The zero-order valence-electron chi connectivity index (χ0n) is 15.9. The number of hydrogen-bond acceptors (Lipinski definition) is 4. The normalized spacial score (nSPS) is 15.9. The summed E-state index contributed by atoms with van der Waals surface area (Å²) in [6.45, 7) is 4.13. The molecule has 0 saturated carbocycles. The Morgan fingerprint density at radius 1 is 1.15 bits per heavy atom. The molecule has 1 amide bonds. The number of amides is 1.